The minimum atomic E-state index is -4.07. The van der Waals surface area contributed by atoms with Crippen molar-refractivity contribution in [2.24, 2.45) is 0 Å². The van der Waals surface area contributed by atoms with E-state index in [-0.39, 0.29) is 29.9 Å². The van der Waals surface area contributed by atoms with E-state index in [0.29, 0.717) is 11.5 Å². The van der Waals surface area contributed by atoms with Crippen molar-refractivity contribution in [3.8, 4) is 11.5 Å². The van der Waals surface area contributed by atoms with Crippen molar-refractivity contribution >= 4 is 16.0 Å². The van der Waals surface area contributed by atoms with E-state index in [0.717, 1.165) is 12.8 Å². The van der Waals surface area contributed by atoms with E-state index in [1.807, 2.05) is 0 Å². The minimum Gasteiger partial charge on any atom is -0.480 e. The van der Waals surface area contributed by atoms with Crippen molar-refractivity contribution in [3.63, 3.8) is 0 Å². The van der Waals surface area contributed by atoms with Crippen molar-refractivity contribution < 1.29 is 32.2 Å². The molecule has 2 saturated heterocycles. The number of rotatable bonds is 6. The van der Waals surface area contributed by atoms with Gasteiger partial charge in [-0.1, -0.05) is 0 Å². The van der Waals surface area contributed by atoms with Gasteiger partial charge in [-0.2, -0.15) is 4.72 Å². The lowest BCUT2D eigenvalue weighted by Crippen LogP contribution is -2.59. The molecule has 0 saturated carbocycles. The second-order valence-electron chi connectivity index (χ2n) is 7.39. The van der Waals surface area contributed by atoms with Crippen molar-refractivity contribution in [3.05, 3.63) is 54.3 Å². The highest BCUT2D eigenvalue weighted by molar-refractivity contribution is 7.89. The Labute approximate surface area is 167 Å². The van der Waals surface area contributed by atoms with Crippen molar-refractivity contribution in [1.29, 1.82) is 0 Å². The molecule has 3 atom stereocenters. The van der Waals surface area contributed by atoms with Gasteiger partial charge in [-0.15, -0.1) is 0 Å². The van der Waals surface area contributed by atoms with E-state index >= 15 is 0 Å². The zero-order valence-electron chi connectivity index (χ0n) is 15.4. The van der Waals surface area contributed by atoms with Crippen LogP contribution >= 0.6 is 0 Å². The molecule has 2 aromatic carbocycles. The number of nitrogens with one attached hydrogen (secondary N) is 1. The van der Waals surface area contributed by atoms with Gasteiger partial charge in [0.1, 0.15) is 22.9 Å². The van der Waals surface area contributed by atoms with Gasteiger partial charge in [0.05, 0.1) is 17.1 Å². The fraction of sp³-hybridized carbons (Fsp3) is 0.350. The van der Waals surface area contributed by atoms with Crippen LogP contribution in [0.1, 0.15) is 25.7 Å². The topological polar surface area (TPSA) is 102 Å². The van der Waals surface area contributed by atoms with Crippen LogP contribution in [-0.4, -0.2) is 37.2 Å². The smallest absolute Gasteiger partial charge is 0.325 e. The highest BCUT2D eigenvalue weighted by atomic mass is 32.2. The second kappa shape index (κ2) is 7.40. The molecular formula is C20H20FNO6S. The summed E-state index contributed by atoms with van der Waals surface area (Å²) in [5.41, 5.74) is -1.58. The highest BCUT2D eigenvalue weighted by Gasteiger charge is 2.52. The first kappa shape index (κ1) is 19.8. The van der Waals surface area contributed by atoms with Crippen LogP contribution in [0.2, 0.25) is 0 Å². The summed E-state index contributed by atoms with van der Waals surface area (Å²) in [6, 6.07) is 11.0. The molecule has 0 amide bonds. The number of carbonyl (C=O) groups is 1. The van der Waals surface area contributed by atoms with Crippen molar-refractivity contribution in [2.75, 3.05) is 0 Å². The summed E-state index contributed by atoms with van der Waals surface area (Å²) in [5, 5.41) is 9.76. The molecule has 2 heterocycles. The molecule has 2 fully saturated rings. The summed E-state index contributed by atoms with van der Waals surface area (Å²) in [6.45, 7) is 0. The molecular weight excluding hydrogens is 401 g/mol. The number of carboxylic acid groups (broad SMARTS) is 1. The average molecular weight is 421 g/mol. The predicted octanol–water partition coefficient (Wildman–Crippen LogP) is 3.06. The maximum Gasteiger partial charge on any atom is 0.325 e. The Morgan fingerprint density at radius 3 is 2.07 bits per heavy atom. The molecule has 2 aliphatic rings. The summed E-state index contributed by atoms with van der Waals surface area (Å²) in [4.78, 5) is 11.9. The molecule has 2 bridgehead atoms. The first-order chi connectivity index (χ1) is 13.8. The standard InChI is InChI=1S/C20H20FNO6S/c21-13-1-3-14(4-2-13)27-15-7-9-18(10-8-15)29(25,26)22-20(19(23)24)11-16-5-6-17(12-20)28-16/h1-4,7-10,16-17,22H,5-6,11-12H2,(H,23,24)/t16-,17+,20?. The molecule has 2 aliphatic heterocycles. The first-order valence-corrected chi connectivity index (χ1v) is 10.7. The maximum atomic E-state index is 13.0. The van der Waals surface area contributed by atoms with E-state index in [9.17, 15) is 22.7 Å². The summed E-state index contributed by atoms with van der Waals surface area (Å²) < 4.78 is 52.3. The summed E-state index contributed by atoms with van der Waals surface area (Å²) in [5.74, 6) is -0.813. The Morgan fingerprint density at radius 2 is 1.55 bits per heavy atom. The van der Waals surface area contributed by atoms with Gasteiger partial charge in [0.2, 0.25) is 10.0 Å². The van der Waals surface area contributed by atoms with Gasteiger partial charge in [-0.05, 0) is 61.4 Å². The number of fused-ring (bicyclic) bond motifs is 2. The van der Waals surface area contributed by atoms with Gasteiger partial charge in [0.15, 0.2) is 0 Å². The summed E-state index contributed by atoms with van der Waals surface area (Å²) >= 11 is 0. The third kappa shape index (κ3) is 4.12. The van der Waals surface area contributed by atoms with Gasteiger partial charge in [-0.3, -0.25) is 4.79 Å². The molecule has 7 nitrogen and oxygen atoms in total. The van der Waals surface area contributed by atoms with E-state index in [4.69, 9.17) is 9.47 Å². The number of ether oxygens (including phenoxy) is 2. The molecule has 0 aromatic heterocycles. The zero-order valence-corrected chi connectivity index (χ0v) is 16.2. The molecule has 9 heteroatoms. The molecule has 2 N–H and O–H groups in total. The molecule has 2 aromatic rings. The van der Waals surface area contributed by atoms with Crippen LogP contribution in [-0.2, 0) is 19.6 Å². The van der Waals surface area contributed by atoms with E-state index < -0.39 is 27.3 Å². The number of hydrogen-bond acceptors (Lipinski definition) is 5. The SMILES string of the molecule is O=C(O)C1(NS(=O)(=O)c2ccc(Oc3ccc(F)cc3)cc2)C[C@H]2CC[C@@H](C1)O2. The normalized spacial score (nSPS) is 26.2. The second-order valence-corrected chi connectivity index (χ2v) is 9.07. The van der Waals surface area contributed by atoms with E-state index in [2.05, 4.69) is 4.72 Å². The number of aliphatic carboxylic acids is 1. The number of sulfonamides is 1. The van der Waals surface area contributed by atoms with Crippen LogP contribution in [0.5, 0.6) is 11.5 Å². The monoisotopic (exact) mass is 421 g/mol. The molecule has 1 unspecified atom stereocenters. The lowest BCUT2D eigenvalue weighted by atomic mass is 9.88. The Hall–Kier alpha value is -2.49. The van der Waals surface area contributed by atoms with Gasteiger partial charge in [0.25, 0.3) is 0 Å². The van der Waals surface area contributed by atoms with Crippen LogP contribution in [0.15, 0.2) is 53.4 Å². The van der Waals surface area contributed by atoms with Crippen LogP contribution in [0.4, 0.5) is 4.39 Å². The van der Waals surface area contributed by atoms with E-state index in [1.54, 1.807) is 0 Å². The summed E-state index contributed by atoms with van der Waals surface area (Å²) in [6.07, 6.45) is 1.17. The third-order valence-corrected chi connectivity index (χ3v) is 6.82. The Bertz CT molecular complexity index is 994. The number of carboxylic acids is 1. The van der Waals surface area contributed by atoms with Gasteiger partial charge >= 0.3 is 5.97 Å². The average Bonchev–Trinajstić information content (AvgIpc) is 3.02. The largest absolute Gasteiger partial charge is 0.480 e. The van der Waals surface area contributed by atoms with Crippen LogP contribution in [0.3, 0.4) is 0 Å². The Balaban J connectivity index is 1.52. The maximum absolute atomic E-state index is 13.0. The molecule has 0 aliphatic carbocycles. The molecule has 29 heavy (non-hydrogen) atoms. The van der Waals surface area contributed by atoms with Crippen LogP contribution in [0, 0.1) is 5.82 Å². The number of hydrogen-bond donors (Lipinski definition) is 2. The van der Waals surface area contributed by atoms with Crippen LogP contribution < -0.4 is 9.46 Å². The fourth-order valence-electron chi connectivity index (χ4n) is 3.88. The van der Waals surface area contributed by atoms with Gasteiger partial charge < -0.3 is 14.6 Å². The first-order valence-electron chi connectivity index (χ1n) is 9.22. The van der Waals surface area contributed by atoms with Crippen molar-refractivity contribution in [1.82, 2.24) is 4.72 Å². The fourth-order valence-corrected chi connectivity index (χ4v) is 5.26. The van der Waals surface area contributed by atoms with E-state index in [1.165, 1.54) is 48.5 Å². The highest BCUT2D eigenvalue weighted by Crippen LogP contribution is 2.39. The molecule has 0 radical (unpaired) electrons. The molecule has 4 rings (SSSR count). The lowest BCUT2D eigenvalue weighted by Gasteiger charge is -2.37. The van der Waals surface area contributed by atoms with Gasteiger partial charge in [-0.25, -0.2) is 12.8 Å². The Kier molecular flexibility index (Phi) is 5.05. The number of benzene rings is 2. The Morgan fingerprint density at radius 1 is 1.03 bits per heavy atom. The van der Waals surface area contributed by atoms with Crippen LogP contribution in [0.25, 0.3) is 0 Å². The quantitative estimate of drug-likeness (QED) is 0.743. The third-order valence-electron chi connectivity index (χ3n) is 5.27. The van der Waals surface area contributed by atoms with Gasteiger partial charge in [0, 0.05) is 12.8 Å². The van der Waals surface area contributed by atoms with Crippen molar-refractivity contribution in [2.45, 2.75) is 48.3 Å². The zero-order chi connectivity index (χ0) is 20.6. The predicted molar refractivity (Wildman–Crippen MR) is 101 cm³/mol. The lowest BCUT2D eigenvalue weighted by molar-refractivity contribution is -0.151. The molecule has 154 valence electrons. The summed E-state index contributed by atoms with van der Waals surface area (Å²) in [7, 11) is -4.07. The molecule has 0 spiro atoms. The number of halogens is 1. The minimum absolute atomic E-state index is 0.0663.